The number of hydrogen-bond donors (Lipinski definition) is 0. The van der Waals surface area contributed by atoms with Crippen molar-refractivity contribution in [3.8, 4) is 0 Å². The Morgan fingerprint density at radius 1 is 1.30 bits per heavy atom. The Hall–Kier alpha value is -1.14. The second-order valence-corrected chi connectivity index (χ2v) is 5.39. The number of rotatable bonds is 6. The van der Waals surface area contributed by atoms with Gasteiger partial charge >= 0.3 is 5.97 Å². The molecular formula is C13H13ClF2O3S. The van der Waals surface area contributed by atoms with E-state index in [2.05, 4.69) is 0 Å². The largest absolute Gasteiger partial charge is 0.465 e. The van der Waals surface area contributed by atoms with E-state index in [1.165, 1.54) is 0 Å². The summed E-state index contributed by atoms with van der Waals surface area (Å²) in [5.41, 5.74) is -0.422. The standard InChI is InChI=1S/C13H13ClF2O3S/c1-3-10(13(18)19-4-2)20-11-5-7(12(14)17)8(15)6-9(11)16/h5-6,10H,3-4H2,1-2H3. The molecule has 0 saturated heterocycles. The molecule has 7 heteroatoms. The van der Waals surface area contributed by atoms with E-state index in [-0.39, 0.29) is 11.5 Å². The highest BCUT2D eigenvalue weighted by Gasteiger charge is 2.23. The monoisotopic (exact) mass is 322 g/mol. The van der Waals surface area contributed by atoms with Crippen LogP contribution in [0.2, 0.25) is 0 Å². The molecule has 0 aromatic heterocycles. The minimum absolute atomic E-state index is 0.0182. The Labute approximate surface area is 124 Å². The molecule has 0 amide bonds. The Balaban J connectivity index is 3.04. The van der Waals surface area contributed by atoms with Crippen molar-refractivity contribution in [2.75, 3.05) is 6.61 Å². The SMILES string of the molecule is CCOC(=O)C(CC)Sc1cc(C(=O)Cl)c(F)cc1F. The van der Waals surface area contributed by atoms with Gasteiger partial charge in [0.1, 0.15) is 16.9 Å². The predicted molar refractivity (Wildman–Crippen MR) is 73.1 cm³/mol. The van der Waals surface area contributed by atoms with E-state index in [9.17, 15) is 18.4 Å². The number of hydrogen-bond acceptors (Lipinski definition) is 4. The van der Waals surface area contributed by atoms with Crippen molar-refractivity contribution in [2.24, 2.45) is 0 Å². The lowest BCUT2D eigenvalue weighted by molar-refractivity contribution is -0.142. The number of halogens is 3. The molecule has 0 spiro atoms. The van der Waals surface area contributed by atoms with Crippen LogP contribution in [0.4, 0.5) is 8.78 Å². The van der Waals surface area contributed by atoms with E-state index in [0.717, 1.165) is 17.8 Å². The van der Waals surface area contributed by atoms with Crippen LogP contribution >= 0.6 is 23.4 Å². The van der Waals surface area contributed by atoms with Crippen LogP contribution in [-0.2, 0) is 9.53 Å². The van der Waals surface area contributed by atoms with Crippen molar-refractivity contribution in [2.45, 2.75) is 30.4 Å². The molecule has 0 N–H and O–H groups in total. The molecule has 110 valence electrons. The van der Waals surface area contributed by atoms with Gasteiger partial charge in [0, 0.05) is 11.0 Å². The van der Waals surface area contributed by atoms with Crippen molar-refractivity contribution < 1.29 is 23.1 Å². The average Bonchev–Trinajstić information content (AvgIpc) is 2.37. The fourth-order valence-corrected chi connectivity index (χ4v) is 2.60. The molecule has 0 heterocycles. The molecule has 0 saturated carbocycles. The van der Waals surface area contributed by atoms with Crippen LogP contribution in [-0.4, -0.2) is 23.1 Å². The minimum atomic E-state index is -1.03. The zero-order chi connectivity index (χ0) is 15.3. The summed E-state index contributed by atoms with van der Waals surface area (Å²) in [7, 11) is 0. The number of benzene rings is 1. The molecule has 0 aliphatic carbocycles. The van der Waals surface area contributed by atoms with Gasteiger partial charge in [-0.25, -0.2) is 8.78 Å². The van der Waals surface area contributed by atoms with E-state index in [1.54, 1.807) is 13.8 Å². The second kappa shape index (κ2) is 7.59. The van der Waals surface area contributed by atoms with Crippen LogP contribution in [0.3, 0.4) is 0 Å². The summed E-state index contributed by atoms with van der Waals surface area (Å²) in [6.45, 7) is 3.62. The van der Waals surface area contributed by atoms with Gasteiger partial charge in [-0.15, -0.1) is 11.8 Å². The first-order valence-electron chi connectivity index (χ1n) is 5.92. The van der Waals surface area contributed by atoms with Crippen LogP contribution < -0.4 is 0 Å². The third-order valence-corrected chi connectivity index (χ3v) is 4.00. The summed E-state index contributed by atoms with van der Waals surface area (Å²) < 4.78 is 31.9. The summed E-state index contributed by atoms with van der Waals surface area (Å²) in [6.07, 6.45) is 0.407. The molecule has 0 aliphatic heterocycles. The highest BCUT2D eigenvalue weighted by atomic mass is 35.5. The topological polar surface area (TPSA) is 43.4 Å². The highest BCUT2D eigenvalue weighted by Crippen LogP contribution is 2.31. The quantitative estimate of drug-likeness (QED) is 0.454. The maximum Gasteiger partial charge on any atom is 0.319 e. The number of carbonyl (C=O) groups excluding carboxylic acids is 2. The molecule has 1 aromatic carbocycles. The predicted octanol–water partition coefficient (Wildman–Crippen LogP) is 3.78. The molecule has 1 rings (SSSR count). The van der Waals surface area contributed by atoms with Crippen LogP contribution in [0.5, 0.6) is 0 Å². The van der Waals surface area contributed by atoms with Gasteiger partial charge < -0.3 is 4.74 Å². The fraction of sp³-hybridized carbons (Fsp3) is 0.385. The molecule has 1 unspecified atom stereocenters. The van der Waals surface area contributed by atoms with Gasteiger partial charge in [0.2, 0.25) is 0 Å². The highest BCUT2D eigenvalue weighted by molar-refractivity contribution is 8.00. The number of ether oxygens (including phenoxy) is 1. The Morgan fingerprint density at radius 3 is 2.45 bits per heavy atom. The van der Waals surface area contributed by atoms with Gasteiger partial charge in [-0.2, -0.15) is 0 Å². The molecule has 1 aromatic rings. The maximum absolute atomic E-state index is 13.7. The first-order valence-corrected chi connectivity index (χ1v) is 7.18. The lowest BCUT2D eigenvalue weighted by atomic mass is 10.2. The van der Waals surface area contributed by atoms with Crippen LogP contribution in [0.25, 0.3) is 0 Å². The lowest BCUT2D eigenvalue weighted by Crippen LogP contribution is -2.19. The third-order valence-electron chi connectivity index (χ3n) is 2.42. The fourth-order valence-electron chi connectivity index (χ4n) is 1.46. The maximum atomic E-state index is 13.7. The normalized spacial score (nSPS) is 12.1. The van der Waals surface area contributed by atoms with Crippen molar-refractivity contribution in [3.63, 3.8) is 0 Å². The lowest BCUT2D eigenvalue weighted by Gasteiger charge is -2.14. The number of thioether (sulfide) groups is 1. The minimum Gasteiger partial charge on any atom is -0.465 e. The molecule has 0 aliphatic rings. The Bertz CT molecular complexity index is 523. The molecule has 3 nitrogen and oxygen atoms in total. The second-order valence-electron chi connectivity index (χ2n) is 3.80. The van der Waals surface area contributed by atoms with E-state index >= 15 is 0 Å². The van der Waals surface area contributed by atoms with E-state index in [1.807, 2.05) is 0 Å². The summed E-state index contributed by atoms with van der Waals surface area (Å²) in [5.74, 6) is -2.37. The molecule has 20 heavy (non-hydrogen) atoms. The van der Waals surface area contributed by atoms with Crippen LogP contribution in [0, 0.1) is 11.6 Å². The Kier molecular flexibility index (Phi) is 6.42. The molecule has 0 radical (unpaired) electrons. The Morgan fingerprint density at radius 2 is 1.95 bits per heavy atom. The summed E-state index contributed by atoms with van der Waals surface area (Å²) in [5, 5.41) is -1.65. The molecule has 0 fully saturated rings. The molecular weight excluding hydrogens is 310 g/mol. The van der Waals surface area contributed by atoms with Gasteiger partial charge in [-0.1, -0.05) is 6.92 Å². The van der Waals surface area contributed by atoms with Crippen molar-refractivity contribution in [3.05, 3.63) is 29.3 Å². The third kappa shape index (κ3) is 4.18. The van der Waals surface area contributed by atoms with Gasteiger partial charge in [-0.3, -0.25) is 9.59 Å². The van der Waals surface area contributed by atoms with Crippen LogP contribution in [0.1, 0.15) is 30.6 Å². The molecule has 1 atom stereocenters. The first kappa shape index (κ1) is 16.9. The van der Waals surface area contributed by atoms with Crippen molar-refractivity contribution in [1.29, 1.82) is 0 Å². The van der Waals surface area contributed by atoms with E-state index in [0.29, 0.717) is 12.5 Å². The molecule has 0 bridgehead atoms. The zero-order valence-corrected chi connectivity index (χ0v) is 12.5. The van der Waals surface area contributed by atoms with Gasteiger partial charge in [-0.05, 0) is 31.0 Å². The van der Waals surface area contributed by atoms with E-state index in [4.69, 9.17) is 16.3 Å². The van der Waals surface area contributed by atoms with Crippen molar-refractivity contribution in [1.82, 2.24) is 0 Å². The number of esters is 1. The summed E-state index contributed by atoms with van der Waals surface area (Å²) >= 11 is 6.09. The smallest absolute Gasteiger partial charge is 0.319 e. The average molecular weight is 323 g/mol. The summed E-state index contributed by atoms with van der Waals surface area (Å²) in [4.78, 5) is 22.6. The van der Waals surface area contributed by atoms with E-state index < -0.39 is 33.7 Å². The summed E-state index contributed by atoms with van der Waals surface area (Å²) in [6, 6.07) is 1.59. The van der Waals surface area contributed by atoms with Crippen LogP contribution in [0.15, 0.2) is 17.0 Å². The first-order chi connectivity index (χ1) is 9.40. The number of carbonyl (C=O) groups is 2. The van der Waals surface area contributed by atoms with Crippen molar-refractivity contribution >= 4 is 34.6 Å². The van der Waals surface area contributed by atoms with Gasteiger partial charge in [0.25, 0.3) is 5.24 Å². The van der Waals surface area contributed by atoms with Gasteiger partial charge in [0.05, 0.1) is 12.2 Å². The zero-order valence-electron chi connectivity index (χ0n) is 10.9. The van der Waals surface area contributed by atoms with Gasteiger partial charge in [0.15, 0.2) is 0 Å².